The average Bonchev–Trinajstić information content (AvgIpc) is 3.12. The van der Waals surface area contributed by atoms with E-state index >= 15 is 0 Å². The minimum atomic E-state index is -0.505. The molecule has 168 valence electrons. The monoisotopic (exact) mass is 470 g/mol. The highest BCUT2D eigenvalue weighted by atomic mass is 32.2. The normalized spacial score (nSPS) is 14.2. The van der Waals surface area contributed by atoms with Gasteiger partial charge in [-0.05, 0) is 71.4 Å². The lowest BCUT2D eigenvalue weighted by Gasteiger charge is -2.13. The van der Waals surface area contributed by atoms with Gasteiger partial charge in [0, 0.05) is 0 Å². The van der Waals surface area contributed by atoms with Crippen LogP contribution in [0, 0.1) is 11.3 Å². The highest BCUT2D eigenvalue weighted by Crippen LogP contribution is 2.34. The predicted octanol–water partition coefficient (Wildman–Crippen LogP) is 5.02. The molecule has 8 heteroatoms. The Balaban J connectivity index is 1.43. The van der Waals surface area contributed by atoms with Crippen LogP contribution in [0.5, 0.6) is 11.5 Å². The van der Waals surface area contributed by atoms with Crippen LogP contribution in [-0.4, -0.2) is 29.1 Å². The number of esters is 1. The lowest BCUT2D eigenvalue weighted by molar-refractivity contribution is -0.123. The molecule has 2 amide bonds. The average molecular weight is 471 g/mol. The van der Waals surface area contributed by atoms with Crippen LogP contribution in [0.25, 0.3) is 6.08 Å². The Bertz CT molecular complexity index is 1320. The Morgan fingerprint density at radius 3 is 2.35 bits per heavy atom. The molecule has 0 saturated carbocycles. The Kier molecular flexibility index (Phi) is 6.76. The molecule has 0 N–H and O–H groups in total. The van der Waals surface area contributed by atoms with Gasteiger partial charge in [0.1, 0.15) is 11.5 Å². The van der Waals surface area contributed by atoms with Crippen molar-refractivity contribution < 1.29 is 23.9 Å². The number of amides is 2. The second-order valence-electron chi connectivity index (χ2n) is 7.22. The van der Waals surface area contributed by atoms with Gasteiger partial charge in [0.15, 0.2) is 0 Å². The zero-order valence-electron chi connectivity index (χ0n) is 18.1. The number of benzene rings is 3. The van der Waals surface area contributed by atoms with Crippen LogP contribution < -0.4 is 9.47 Å². The number of nitriles is 1. The first kappa shape index (κ1) is 22.8. The number of ether oxygens (including phenoxy) is 2. The van der Waals surface area contributed by atoms with Crippen LogP contribution in [0.3, 0.4) is 0 Å². The van der Waals surface area contributed by atoms with E-state index in [1.165, 1.54) is 0 Å². The van der Waals surface area contributed by atoms with E-state index in [0.29, 0.717) is 33.8 Å². The molecule has 0 aliphatic carbocycles. The minimum Gasteiger partial charge on any atom is -0.497 e. The summed E-state index contributed by atoms with van der Waals surface area (Å²) < 4.78 is 10.5. The van der Waals surface area contributed by atoms with E-state index in [9.17, 15) is 19.6 Å². The summed E-state index contributed by atoms with van der Waals surface area (Å²) in [6.45, 7) is 0.0337. The molecular weight excluding hydrogens is 452 g/mol. The largest absolute Gasteiger partial charge is 0.497 e. The number of carbonyl (C=O) groups is 3. The van der Waals surface area contributed by atoms with E-state index in [-0.39, 0.29) is 11.4 Å². The Hall–Kier alpha value is -4.35. The molecule has 0 aromatic heterocycles. The van der Waals surface area contributed by atoms with Crippen LogP contribution in [0.15, 0.2) is 77.7 Å². The molecule has 3 aromatic carbocycles. The molecule has 1 aliphatic rings. The van der Waals surface area contributed by atoms with Gasteiger partial charge in [-0.25, -0.2) is 4.79 Å². The molecule has 0 radical (unpaired) electrons. The number of methoxy groups -OCH3 is 1. The van der Waals surface area contributed by atoms with E-state index in [1.54, 1.807) is 86.0 Å². The third-order valence-electron chi connectivity index (χ3n) is 5.05. The van der Waals surface area contributed by atoms with Crippen molar-refractivity contribution >= 4 is 35.0 Å². The first-order chi connectivity index (χ1) is 16.5. The number of hydrogen-bond acceptors (Lipinski definition) is 7. The second-order valence-corrected chi connectivity index (χ2v) is 8.22. The van der Waals surface area contributed by atoms with Crippen LogP contribution in [0.1, 0.15) is 27.0 Å². The summed E-state index contributed by atoms with van der Waals surface area (Å²) in [7, 11) is 1.54. The maximum Gasteiger partial charge on any atom is 0.343 e. The van der Waals surface area contributed by atoms with E-state index in [4.69, 9.17) is 9.47 Å². The van der Waals surface area contributed by atoms with Gasteiger partial charge in [0.2, 0.25) is 0 Å². The van der Waals surface area contributed by atoms with Crippen molar-refractivity contribution in [2.24, 2.45) is 0 Å². The zero-order valence-corrected chi connectivity index (χ0v) is 18.9. The zero-order chi connectivity index (χ0) is 24.1. The minimum absolute atomic E-state index is 0.0337. The molecule has 3 aromatic rings. The van der Waals surface area contributed by atoms with E-state index < -0.39 is 17.1 Å². The number of rotatable bonds is 6. The van der Waals surface area contributed by atoms with Gasteiger partial charge in [0.25, 0.3) is 11.1 Å². The van der Waals surface area contributed by atoms with Crippen molar-refractivity contribution in [2.75, 3.05) is 7.11 Å². The number of nitrogens with zero attached hydrogens (tertiary/aromatic N) is 2. The number of carbonyl (C=O) groups excluding carboxylic acids is 3. The molecule has 1 saturated heterocycles. The molecule has 0 bridgehead atoms. The quantitative estimate of drug-likeness (QED) is 0.283. The molecular formula is C26H18N2O5S. The number of imide groups is 1. The number of thioether (sulfide) groups is 1. The van der Waals surface area contributed by atoms with Gasteiger partial charge in [-0.15, -0.1) is 0 Å². The summed E-state index contributed by atoms with van der Waals surface area (Å²) in [5.74, 6) is 0.0608. The maximum absolute atomic E-state index is 12.8. The fourth-order valence-corrected chi connectivity index (χ4v) is 4.09. The van der Waals surface area contributed by atoms with Crippen LogP contribution in [-0.2, 0) is 11.3 Å². The van der Waals surface area contributed by atoms with Gasteiger partial charge < -0.3 is 9.47 Å². The summed E-state index contributed by atoms with van der Waals surface area (Å²) in [6.07, 6.45) is 1.61. The van der Waals surface area contributed by atoms with Crippen LogP contribution in [0.2, 0.25) is 0 Å². The first-order valence-corrected chi connectivity index (χ1v) is 11.0. The van der Waals surface area contributed by atoms with Gasteiger partial charge >= 0.3 is 5.97 Å². The third-order valence-corrected chi connectivity index (χ3v) is 5.96. The Morgan fingerprint density at radius 2 is 1.68 bits per heavy atom. The van der Waals surface area contributed by atoms with Crippen molar-refractivity contribution in [3.8, 4) is 17.6 Å². The standard InChI is InChI=1S/C26H18N2O5S/c1-32-21-12-8-18(9-13-21)25(30)33-22-10-6-17(7-11-22)14-23-24(29)28(26(31)34-23)16-20-5-3-2-4-19(20)15-27/h2-14H,16H2,1H3/b23-14+. The molecule has 1 fully saturated rings. The van der Waals surface area contributed by atoms with Crippen molar-refractivity contribution in [1.82, 2.24) is 4.90 Å². The van der Waals surface area contributed by atoms with Crippen molar-refractivity contribution in [1.29, 1.82) is 5.26 Å². The summed E-state index contributed by atoms with van der Waals surface area (Å²) in [5, 5.41) is 8.85. The summed E-state index contributed by atoms with van der Waals surface area (Å²) >= 11 is 0.844. The number of hydrogen-bond donors (Lipinski definition) is 0. The second kappa shape index (κ2) is 10.1. The lowest BCUT2D eigenvalue weighted by Crippen LogP contribution is -2.27. The lowest BCUT2D eigenvalue weighted by atomic mass is 10.1. The van der Waals surface area contributed by atoms with Crippen molar-refractivity contribution in [3.63, 3.8) is 0 Å². The molecule has 0 unspecified atom stereocenters. The maximum atomic E-state index is 12.8. The molecule has 34 heavy (non-hydrogen) atoms. The molecule has 1 aliphatic heterocycles. The van der Waals surface area contributed by atoms with Crippen molar-refractivity contribution in [3.05, 3.63) is 100.0 Å². The fraction of sp³-hybridized carbons (Fsp3) is 0.0769. The van der Waals surface area contributed by atoms with Crippen molar-refractivity contribution in [2.45, 2.75) is 6.54 Å². The van der Waals surface area contributed by atoms with E-state index in [2.05, 4.69) is 6.07 Å². The third kappa shape index (κ3) is 5.00. The van der Waals surface area contributed by atoms with E-state index in [0.717, 1.165) is 16.7 Å². The SMILES string of the molecule is COc1ccc(C(=O)Oc2ccc(/C=C3/SC(=O)N(Cc4ccccc4C#N)C3=O)cc2)cc1. The highest BCUT2D eigenvalue weighted by molar-refractivity contribution is 8.18. The molecule has 0 atom stereocenters. The van der Waals surface area contributed by atoms with E-state index in [1.807, 2.05) is 0 Å². The van der Waals surface area contributed by atoms with Gasteiger partial charge in [-0.1, -0.05) is 30.3 Å². The summed E-state index contributed by atoms with van der Waals surface area (Å²) in [5.41, 5.74) is 2.09. The smallest absolute Gasteiger partial charge is 0.343 e. The fourth-order valence-electron chi connectivity index (χ4n) is 3.25. The molecule has 4 rings (SSSR count). The predicted molar refractivity (Wildman–Crippen MR) is 127 cm³/mol. The first-order valence-electron chi connectivity index (χ1n) is 10.2. The van der Waals surface area contributed by atoms with Gasteiger partial charge in [0.05, 0.1) is 35.8 Å². The summed E-state index contributed by atoms with van der Waals surface area (Å²) in [4.78, 5) is 38.9. The Labute approximate surface area is 200 Å². The Morgan fingerprint density at radius 1 is 1.00 bits per heavy atom. The van der Waals surface area contributed by atoms with Crippen LogP contribution in [0.4, 0.5) is 4.79 Å². The molecule has 1 heterocycles. The molecule has 7 nitrogen and oxygen atoms in total. The topological polar surface area (TPSA) is 96.7 Å². The summed E-state index contributed by atoms with van der Waals surface area (Å²) in [6, 6.07) is 22.1. The molecule has 0 spiro atoms. The highest BCUT2D eigenvalue weighted by Gasteiger charge is 2.35. The van der Waals surface area contributed by atoms with Crippen LogP contribution >= 0.6 is 11.8 Å². The van der Waals surface area contributed by atoms with Gasteiger partial charge in [-0.3, -0.25) is 14.5 Å². The van der Waals surface area contributed by atoms with Gasteiger partial charge in [-0.2, -0.15) is 5.26 Å².